The molecule has 0 aromatic rings. The molecular weight excluding hydrogens is 544 g/mol. The van der Waals surface area contributed by atoms with E-state index >= 15 is 0 Å². The van der Waals surface area contributed by atoms with Crippen LogP contribution >= 0.6 is 0 Å². The van der Waals surface area contributed by atoms with Crippen LogP contribution in [0.2, 0.25) is 0 Å². The second-order valence-electron chi connectivity index (χ2n) is 12.0. The van der Waals surface area contributed by atoms with Crippen LogP contribution in [0, 0.1) is 29.6 Å². The van der Waals surface area contributed by atoms with Crippen molar-refractivity contribution in [2.75, 3.05) is 92.5 Å². The Morgan fingerprint density at radius 2 is 0.738 bits per heavy atom. The second-order valence-corrected chi connectivity index (χ2v) is 12.0. The number of aliphatic hydroxyl groups is 3. The minimum absolute atomic E-state index is 0. The zero-order valence-electron chi connectivity index (χ0n) is 27.1. The molecule has 0 spiro atoms. The predicted molar refractivity (Wildman–Crippen MR) is 167 cm³/mol. The lowest BCUT2D eigenvalue weighted by Crippen LogP contribution is -2.28. The van der Waals surface area contributed by atoms with Gasteiger partial charge in [0.25, 0.3) is 0 Å². The maximum absolute atomic E-state index is 9.41. The van der Waals surface area contributed by atoms with Crippen LogP contribution < -0.4 is 0 Å². The number of rotatable bonds is 30. The molecule has 0 heterocycles. The van der Waals surface area contributed by atoms with Crippen molar-refractivity contribution in [1.82, 2.24) is 0 Å². The molecule has 10 nitrogen and oxygen atoms in total. The third kappa shape index (κ3) is 26.0. The first-order valence-electron chi connectivity index (χ1n) is 15.7. The Bertz CT molecular complexity index is 555. The lowest BCUT2D eigenvalue weighted by atomic mass is 10.2. The largest absolute Gasteiger partial charge is 0.396 e. The zero-order chi connectivity index (χ0) is 30.9. The highest BCUT2D eigenvalue weighted by Gasteiger charge is 2.14. The first kappa shape index (κ1) is 43.7. The van der Waals surface area contributed by atoms with Gasteiger partial charge in [-0.25, -0.2) is 0 Å². The highest BCUT2D eigenvalue weighted by molar-refractivity contribution is 4.61. The van der Waals surface area contributed by atoms with Gasteiger partial charge in [0.05, 0.1) is 98.1 Å². The molecule has 0 rings (SSSR count). The number of hydrogen-bond acceptors (Lipinski definition) is 10. The lowest BCUT2D eigenvalue weighted by molar-refractivity contribution is -0.0682. The van der Waals surface area contributed by atoms with E-state index in [4.69, 9.17) is 43.4 Å². The number of hydrogen-bond donors (Lipinski definition) is 3. The molecule has 3 unspecified atom stereocenters. The molecule has 0 aromatic carbocycles. The molecule has 0 aliphatic carbocycles. The monoisotopic (exact) mass is 612 g/mol. The molecule has 0 aliphatic rings. The van der Waals surface area contributed by atoms with E-state index in [-0.39, 0.29) is 57.2 Å². The van der Waals surface area contributed by atoms with Gasteiger partial charge in [-0.15, -0.1) is 0 Å². The van der Waals surface area contributed by atoms with Gasteiger partial charge in [0.1, 0.15) is 6.10 Å². The van der Waals surface area contributed by atoms with Crippen molar-refractivity contribution in [3.63, 3.8) is 0 Å². The second kappa shape index (κ2) is 29.3. The summed E-state index contributed by atoms with van der Waals surface area (Å²) in [4.78, 5) is 0. The molecule has 0 radical (unpaired) electrons. The van der Waals surface area contributed by atoms with Crippen molar-refractivity contribution >= 4 is 0 Å². The topological polar surface area (TPSA) is 125 Å². The van der Waals surface area contributed by atoms with E-state index in [9.17, 15) is 5.11 Å². The van der Waals surface area contributed by atoms with E-state index in [0.29, 0.717) is 84.5 Å². The fraction of sp³-hybridized carbons (Fsp3) is 1.00. The van der Waals surface area contributed by atoms with E-state index in [0.717, 1.165) is 12.8 Å². The van der Waals surface area contributed by atoms with Gasteiger partial charge in [-0.2, -0.15) is 0 Å². The fourth-order valence-electron chi connectivity index (χ4n) is 3.63. The molecule has 42 heavy (non-hydrogen) atoms. The van der Waals surface area contributed by atoms with Gasteiger partial charge in [-0.3, -0.25) is 0 Å². The Morgan fingerprint density at radius 1 is 0.429 bits per heavy atom. The SMILES string of the molecule is C.CCC(COC[C@@H](C)COC[C@@H](C)COCC(CC)OC[C@H](C)COC[C@@H](C)COC[C@H](C)CO)OCC(O)CO. The minimum Gasteiger partial charge on any atom is -0.396 e. The van der Waals surface area contributed by atoms with Crippen molar-refractivity contribution in [3.05, 3.63) is 0 Å². The first-order valence-corrected chi connectivity index (χ1v) is 15.7. The normalized spacial score (nSPS) is 17.6. The Hall–Kier alpha value is -0.400. The molecule has 256 valence electrons. The summed E-state index contributed by atoms with van der Waals surface area (Å²) in [5, 5.41) is 27.3. The predicted octanol–water partition coefficient (Wildman–Crippen LogP) is 3.82. The van der Waals surface area contributed by atoms with Crippen LogP contribution in [0.4, 0.5) is 0 Å². The smallest absolute Gasteiger partial charge is 0.100 e. The minimum atomic E-state index is -0.851. The Kier molecular flexibility index (Phi) is 30.5. The van der Waals surface area contributed by atoms with Crippen LogP contribution in [0.3, 0.4) is 0 Å². The molecule has 0 amide bonds. The summed E-state index contributed by atoms with van der Waals surface area (Å²) in [5.41, 5.74) is 0. The Labute approximate surface area is 257 Å². The quantitative estimate of drug-likeness (QED) is 0.110. The average molecular weight is 613 g/mol. The molecular formula is C32H68O10. The number of ether oxygens (including phenoxy) is 7. The maximum Gasteiger partial charge on any atom is 0.100 e. The van der Waals surface area contributed by atoms with E-state index < -0.39 is 6.10 Å². The summed E-state index contributed by atoms with van der Waals surface area (Å²) < 4.78 is 40.7. The average Bonchev–Trinajstić information content (AvgIpc) is 2.96. The molecule has 10 heteroatoms. The van der Waals surface area contributed by atoms with E-state index in [1.165, 1.54) is 0 Å². The van der Waals surface area contributed by atoms with Gasteiger partial charge in [0, 0.05) is 36.2 Å². The summed E-state index contributed by atoms with van der Waals surface area (Å²) in [6.45, 7) is 21.1. The standard InChI is InChI=1S/C31H64O10.CH4/c1-8-30(40-20-28(7)19-37-14-25(4)13-35-12-24(3)10-32)22-38-17-26(5)15-36-16-27(6)18-39-23-31(9-2)41-21-29(34)11-33;/h24-34H,8-23H2,1-7H3;1H4/t24-,25+,26-,27+,28-,29?,30?,31?;/m1./s1. The highest BCUT2D eigenvalue weighted by Crippen LogP contribution is 2.09. The molecule has 3 N–H and O–H groups in total. The molecule has 0 aromatic heterocycles. The summed E-state index contributed by atoms with van der Waals surface area (Å²) in [5.74, 6) is 1.31. The fourth-order valence-corrected chi connectivity index (χ4v) is 3.63. The van der Waals surface area contributed by atoms with Gasteiger partial charge < -0.3 is 48.5 Å². The van der Waals surface area contributed by atoms with Gasteiger partial charge in [-0.1, -0.05) is 55.9 Å². The number of aliphatic hydroxyl groups excluding tert-OH is 3. The summed E-state index contributed by atoms with van der Waals surface area (Å²) in [7, 11) is 0. The van der Waals surface area contributed by atoms with Crippen LogP contribution in [0.25, 0.3) is 0 Å². The van der Waals surface area contributed by atoms with Gasteiger partial charge in [0.15, 0.2) is 0 Å². The van der Waals surface area contributed by atoms with Crippen LogP contribution in [0.5, 0.6) is 0 Å². The third-order valence-corrected chi connectivity index (χ3v) is 6.40. The van der Waals surface area contributed by atoms with Gasteiger partial charge in [0.2, 0.25) is 0 Å². The molecule has 0 bridgehead atoms. The first-order chi connectivity index (χ1) is 19.6. The van der Waals surface area contributed by atoms with E-state index in [1.54, 1.807) is 0 Å². The van der Waals surface area contributed by atoms with Gasteiger partial charge in [-0.05, 0) is 12.8 Å². The van der Waals surface area contributed by atoms with Crippen molar-refractivity contribution in [1.29, 1.82) is 0 Å². The zero-order valence-corrected chi connectivity index (χ0v) is 27.1. The van der Waals surface area contributed by atoms with E-state index in [2.05, 4.69) is 34.6 Å². The molecule has 0 aliphatic heterocycles. The third-order valence-electron chi connectivity index (χ3n) is 6.40. The highest BCUT2D eigenvalue weighted by atomic mass is 16.5. The van der Waals surface area contributed by atoms with Crippen molar-refractivity contribution in [2.45, 2.75) is 87.0 Å². The van der Waals surface area contributed by atoms with Crippen LogP contribution in [0.15, 0.2) is 0 Å². The van der Waals surface area contributed by atoms with Crippen LogP contribution in [0.1, 0.15) is 68.7 Å². The lowest BCUT2D eigenvalue weighted by Gasteiger charge is -2.21. The summed E-state index contributed by atoms with van der Waals surface area (Å²) in [6.07, 6.45) is 0.784. The van der Waals surface area contributed by atoms with Gasteiger partial charge >= 0.3 is 0 Å². The van der Waals surface area contributed by atoms with Crippen LogP contribution in [-0.2, 0) is 33.2 Å². The molecule has 0 fully saturated rings. The Morgan fingerprint density at radius 3 is 1.07 bits per heavy atom. The molecule has 0 saturated carbocycles. The van der Waals surface area contributed by atoms with Crippen molar-refractivity contribution in [2.24, 2.45) is 29.6 Å². The van der Waals surface area contributed by atoms with Crippen LogP contribution in [-0.4, -0.2) is 126 Å². The maximum atomic E-state index is 9.41. The van der Waals surface area contributed by atoms with E-state index in [1.807, 2.05) is 13.8 Å². The van der Waals surface area contributed by atoms with Crippen molar-refractivity contribution in [3.8, 4) is 0 Å². The molecule has 8 atom stereocenters. The summed E-state index contributed by atoms with van der Waals surface area (Å²) >= 11 is 0. The Balaban J connectivity index is 0. The summed E-state index contributed by atoms with van der Waals surface area (Å²) in [6, 6.07) is 0. The van der Waals surface area contributed by atoms with Crippen molar-refractivity contribution < 1.29 is 48.5 Å². The molecule has 0 saturated heterocycles.